The Hall–Kier alpha value is -2.08. The minimum Gasteiger partial charge on any atom is -0.324 e. The Morgan fingerprint density at radius 3 is 2.70 bits per heavy atom. The van der Waals surface area contributed by atoms with Crippen molar-refractivity contribution in [1.82, 2.24) is 9.47 Å². The van der Waals surface area contributed by atoms with Crippen LogP contribution in [0.15, 0.2) is 33.9 Å². The first-order valence-corrected chi connectivity index (χ1v) is 8.75. The number of thiophene rings is 1. The molecule has 0 aliphatic carbocycles. The molecule has 1 aliphatic heterocycles. The molecule has 0 saturated carbocycles. The van der Waals surface area contributed by atoms with Crippen molar-refractivity contribution in [3.63, 3.8) is 0 Å². The first-order chi connectivity index (χ1) is 11.1. The van der Waals surface area contributed by atoms with Gasteiger partial charge in [-0.15, -0.1) is 0 Å². The van der Waals surface area contributed by atoms with E-state index in [1.165, 1.54) is 10.1 Å². The summed E-state index contributed by atoms with van der Waals surface area (Å²) in [6.07, 6.45) is 3.64. The lowest BCUT2D eigenvalue weighted by atomic mass is 9.91. The fourth-order valence-corrected chi connectivity index (χ4v) is 3.72. The molecule has 2 amide bonds. The van der Waals surface area contributed by atoms with Crippen LogP contribution in [0.2, 0.25) is 0 Å². The minimum absolute atomic E-state index is 0.175. The van der Waals surface area contributed by atoms with E-state index in [1.807, 2.05) is 13.0 Å². The van der Waals surface area contributed by atoms with E-state index in [-0.39, 0.29) is 11.6 Å². The van der Waals surface area contributed by atoms with E-state index < -0.39 is 0 Å². The van der Waals surface area contributed by atoms with Gasteiger partial charge < -0.3 is 14.8 Å². The zero-order valence-corrected chi connectivity index (χ0v) is 14.2. The molecule has 2 aromatic heterocycles. The Labute approximate surface area is 139 Å². The number of carbonyl (C=O) groups excluding carboxylic acids is 1. The topological polar surface area (TPSA) is 54.3 Å². The van der Waals surface area contributed by atoms with Crippen LogP contribution in [0.1, 0.15) is 29.9 Å². The van der Waals surface area contributed by atoms with E-state index in [0.29, 0.717) is 11.6 Å². The predicted octanol–water partition coefficient (Wildman–Crippen LogP) is 3.17. The number of nitrogens with one attached hydrogen (secondary N) is 1. The fourth-order valence-electron chi connectivity index (χ4n) is 2.98. The number of pyridine rings is 1. The lowest BCUT2D eigenvalue weighted by Crippen LogP contribution is -2.41. The second kappa shape index (κ2) is 6.58. The smallest absolute Gasteiger partial charge is 0.322 e. The molecule has 1 saturated heterocycles. The summed E-state index contributed by atoms with van der Waals surface area (Å²) >= 11 is 1.72. The number of rotatable bonds is 2. The van der Waals surface area contributed by atoms with Gasteiger partial charge in [-0.3, -0.25) is 4.79 Å². The number of nitrogens with zero attached hydrogens (tertiary/aromatic N) is 2. The second-order valence-corrected chi connectivity index (χ2v) is 6.82. The van der Waals surface area contributed by atoms with Gasteiger partial charge in [-0.1, -0.05) is 0 Å². The van der Waals surface area contributed by atoms with Gasteiger partial charge in [-0.2, -0.15) is 11.3 Å². The highest BCUT2D eigenvalue weighted by Gasteiger charge is 2.24. The van der Waals surface area contributed by atoms with Crippen molar-refractivity contribution in [3.05, 3.63) is 50.6 Å². The number of carbonyl (C=O) groups is 1. The largest absolute Gasteiger partial charge is 0.324 e. The third-order valence-corrected chi connectivity index (χ3v) is 5.21. The number of piperidine rings is 1. The average molecular weight is 331 g/mol. The maximum Gasteiger partial charge on any atom is 0.322 e. The van der Waals surface area contributed by atoms with Gasteiger partial charge in [0.05, 0.1) is 0 Å². The van der Waals surface area contributed by atoms with Crippen molar-refractivity contribution in [2.45, 2.75) is 25.7 Å². The lowest BCUT2D eigenvalue weighted by Gasteiger charge is -2.31. The van der Waals surface area contributed by atoms with Crippen molar-refractivity contribution in [1.29, 1.82) is 0 Å². The Morgan fingerprint density at radius 1 is 1.30 bits per heavy atom. The Morgan fingerprint density at radius 2 is 2.04 bits per heavy atom. The van der Waals surface area contributed by atoms with Crippen molar-refractivity contribution < 1.29 is 4.79 Å². The minimum atomic E-state index is -0.180. The summed E-state index contributed by atoms with van der Waals surface area (Å²) < 4.78 is 1.48. The van der Waals surface area contributed by atoms with Gasteiger partial charge in [0.15, 0.2) is 0 Å². The molecule has 1 aliphatic rings. The van der Waals surface area contributed by atoms with Gasteiger partial charge in [0, 0.05) is 26.3 Å². The molecular weight excluding hydrogens is 310 g/mol. The van der Waals surface area contributed by atoms with Gasteiger partial charge in [-0.05, 0) is 59.7 Å². The van der Waals surface area contributed by atoms with E-state index in [9.17, 15) is 9.59 Å². The Balaban J connectivity index is 1.64. The zero-order chi connectivity index (χ0) is 16.4. The highest BCUT2D eigenvalue weighted by atomic mass is 32.1. The Bertz CT molecular complexity index is 744. The molecule has 2 aromatic rings. The van der Waals surface area contributed by atoms with E-state index in [1.54, 1.807) is 29.5 Å². The molecule has 0 spiro atoms. The molecule has 5 nitrogen and oxygen atoms in total. The predicted molar refractivity (Wildman–Crippen MR) is 93.3 cm³/mol. The maximum absolute atomic E-state index is 12.4. The average Bonchev–Trinajstić information content (AvgIpc) is 3.10. The molecule has 0 atom stereocenters. The molecule has 3 rings (SSSR count). The van der Waals surface area contributed by atoms with Gasteiger partial charge >= 0.3 is 6.03 Å². The SMILES string of the molecule is Cc1ccn(C)c(=O)c1NC(=O)N1CCC(c2ccsc2)CC1. The van der Waals surface area contributed by atoms with Crippen LogP contribution < -0.4 is 10.9 Å². The van der Waals surface area contributed by atoms with Gasteiger partial charge in [0.25, 0.3) is 5.56 Å². The molecule has 1 N–H and O–H groups in total. The number of aromatic nitrogens is 1. The number of hydrogen-bond acceptors (Lipinski definition) is 3. The number of aryl methyl sites for hydroxylation is 2. The second-order valence-electron chi connectivity index (χ2n) is 6.04. The molecular formula is C17H21N3O2S. The first kappa shape index (κ1) is 15.8. The summed E-state index contributed by atoms with van der Waals surface area (Å²) in [4.78, 5) is 26.4. The molecule has 0 unspecified atom stereocenters. The van der Waals surface area contributed by atoms with Crippen LogP contribution in [0.3, 0.4) is 0 Å². The van der Waals surface area contributed by atoms with Crippen LogP contribution in [0.4, 0.5) is 10.5 Å². The molecule has 0 radical (unpaired) electrons. The number of likely N-dealkylation sites (tertiary alicyclic amines) is 1. The molecule has 0 aromatic carbocycles. The lowest BCUT2D eigenvalue weighted by molar-refractivity contribution is 0.194. The summed E-state index contributed by atoms with van der Waals surface area (Å²) in [5, 5.41) is 7.09. The molecule has 1 fully saturated rings. The maximum atomic E-state index is 12.4. The molecule has 122 valence electrons. The Kier molecular flexibility index (Phi) is 4.52. The monoisotopic (exact) mass is 331 g/mol. The van der Waals surface area contributed by atoms with Crippen molar-refractivity contribution in [2.24, 2.45) is 7.05 Å². The quantitative estimate of drug-likeness (QED) is 0.919. The number of amides is 2. The van der Waals surface area contributed by atoms with E-state index >= 15 is 0 Å². The third kappa shape index (κ3) is 3.32. The zero-order valence-electron chi connectivity index (χ0n) is 13.4. The molecule has 3 heterocycles. The van der Waals surface area contributed by atoms with Crippen LogP contribution in [0, 0.1) is 6.92 Å². The van der Waals surface area contributed by atoms with Crippen molar-refractivity contribution in [3.8, 4) is 0 Å². The number of urea groups is 1. The highest BCUT2D eigenvalue weighted by Crippen LogP contribution is 2.29. The standard InChI is InChI=1S/C17H21N3O2S/c1-12-3-7-19(2)16(21)15(12)18-17(22)20-8-4-13(5-9-20)14-6-10-23-11-14/h3,6-7,10-11,13H,4-5,8-9H2,1-2H3,(H,18,22). The normalized spacial score (nSPS) is 15.7. The summed E-state index contributed by atoms with van der Waals surface area (Å²) in [5.74, 6) is 0.539. The van der Waals surface area contributed by atoms with Crippen molar-refractivity contribution >= 4 is 23.1 Å². The van der Waals surface area contributed by atoms with Crippen LogP contribution in [-0.2, 0) is 7.05 Å². The summed E-state index contributed by atoms with van der Waals surface area (Å²) in [6, 6.07) is 3.82. The van der Waals surface area contributed by atoms with Gasteiger partial charge in [0.1, 0.15) is 5.69 Å². The van der Waals surface area contributed by atoms with Crippen LogP contribution in [0.25, 0.3) is 0 Å². The highest BCUT2D eigenvalue weighted by molar-refractivity contribution is 7.07. The number of hydrogen-bond donors (Lipinski definition) is 1. The molecule has 6 heteroatoms. The molecule has 0 bridgehead atoms. The van der Waals surface area contributed by atoms with Crippen LogP contribution in [0.5, 0.6) is 0 Å². The first-order valence-electron chi connectivity index (χ1n) is 7.80. The van der Waals surface area contributed by atoms with E-state index in [4.69, 9.17) is 0 Å². The van der Waals surface area contributed by atoms with E-state index in [2.05, 4.69) is 22.1 Å². The van der Waals surface area contributed by atoms with Crippen molar-refractivity contribution in [2.75, 3.05) is 18.4 Å². The summed E-state index contributed by atoms with van der Waals surface area (Å²) in [6.45, 7) is 3.27. The fraction of sp³-hybridized carbons (Fsp3) is 0.412. The number of anilines is 1. The van der Waals surface area contributed by atoms with Gasteiger partial charge in [-0.25, -0.2) is 4.79 Å². The van der Waals surface area contributed by atoms with E-state index in [0.717, 1.165) is 31.5 Å². The van der Waals surface area contributed by atoms with Gasteiger partial charge in [0.2, 0.25) is 0 Å². The van der Waals surface area contributed by atoms with Crippen LogP contribution in [-0.4, -0.2) is 28.6 Å². The van der Waals surface area contributed by atoms with Crippen LogP contribution >= 0.6 is 11.3 Å². The summed E-state index contributed by atoms with van der Waals surface area (Å²) in [7, 11) is 1.68. The third-order valence-electron chi connectivity index (χ3n) is 4.51. The molecule has 23 heavy (non-hydrogen) atoms. The summed E-state index contributed by atoms with van der Waals surface area (Å²) in [5.41, 5.74) is 2.36.